The van der Waals surface area contributed by atoms with E-state index in [9.17, 15) is 0 Å². The molecule has 21 heavy (non-hydrogen) atoms. The van der Waals surface area contributed by atoms with Gasteiger partial charge in [0.15, 0.2) is 0 Å². The molecule has 0 aliphatic rings. The molecule has 0 aliphatic carbocycles. The average Bonchev–Trinajstić information content (AvgIpc) is 2.49. The fraction of sp³-hybridized carbons (Fsp3) is 0.333. The molecule has 1 unspecified atom stereocenters. The summed E-state index contributed by atoms with van der Waals surface area (Å²) in [5.41, 5.74) is 10.8. The van der Waals surface area contributed by atoms with Crippen LogP contribution in [0.5, 0.6) is 5.75 Å². The van der Waals surface area contributed by atoms with Crippen molar-refractivity contribution in [3.63, 3.8) is 0 Å². The molecule has 0 amide bonds. The Morgan fingerprint density at radius 1 is 1.10 bits per heavy atom. The van der Waals surface area contributed by atoms with Crippen LogP contribution in [0.25, 0.3) is 0 Å². The van der Waals surface area contributed by atoms with Crippen LogP contribution >= 0.6 is 0 Å². The summed E-state index contributed by atoms with van der Waals surface area (Å²) in [6.45, 7) is 4.72. The van der Waals surface area contributed by atoms with E-state index in [2.05, 4.69) is 62.2 Å². The van der Waals surface area contributed by atoms with Gasteiger partial charge in [-0.25, -0.2) is 0 Å². The standard InChI is InChI=1S/C18H24N2O/c1-13-5-8-16(9-6-13)20(3)17(12-19)15-7-10-18(21-4)14(2)11-15/h5-11,17H,12,19H2,1-4H3. The van der Waals surface area contributed by atoms with E-state index < -0.39 is 0 Å². The van der Waals surface area contributed by atoms with Gasteiger partial charge in [0.1, 0.15) is 5.75 Å². The third-order valence-electron chi connectivity index (χ3n) is 3.94. The van der Waals surface area contributed by atoms with Crippen LogP contribution in [0.2, 0.25) is 0 Å². The maximum atomic E-state index is 6.02. The number of methoxy groups -OCH3 is 1. The molecule has 2 aromatic carbocycles. The van der Waals surface area contributed by atoms with Gasteiger partial charge in [0, 0.05) is 19.3 Å². The summed E-state index contributed by atoms with van der Waals surface area (Å²) in [6, 6.07) is 14.9. The number of nitrogens with two attached hydrogens (primary N) is 1. The highest BCUT2D eigenvalue weighted by atomic mass is 16.5. The average molecular weight is 284 g/mol. The predicted octanol–water partition coefficient (Wildman–Crippen LogP) is 3.45. The highest BCUT2D eigenvalue weighted by Crippen LogP contribution is 2.28. The molecule has 3 heteroatoms. The maximum absolute atomic E-state index is 6.02. The zero-order valence-electron chi connectivity index (χ0n) is 13.3. The molecule has 3 nitrogen and oxygen atoms in total. The molecule has 0 fully saturated rings. The Hall–Kier alpha value is -2.00. The van der Waals surface area contributed by atoms with Crippen molar-refractivity contribution in [3.8, 4) is 5.75 Å². The second-order valence-corrected chi connectivity index (χ2v) is 5.43. The van der Waals surface area contributed by atoms with Crippen molar-refractivity contribution in [2.24, 2.45) is 5.73 Å². The molecule has 112 valence electrons. The lowest BCUT2D eigenvalue weighted by Crippen LogP contribution is -2.30. The number of ether oxygens (including phenoxy) is 1. The van der Waals surface area contributed by atoms with Crippen LogP contribution in [0, 0.1) is 13.8 Å². The normalized spacial score (nSPS) is 12.0. The van der Waals surface area contributed by atoms with Crippen molar-refractivity contribution in [2.75, 3.05) is 25.6 Å². The van der Waals surface area contributed by atoms with Crippen molar-refractivity contribution < 1.29 is 4.74 Å². The molecule has 0 saturated heterocycles. The van der Waals surface area contributed by atoms with E-state index in [0.29, 0.717) is 6.54 Å². The van der Waals surface area contributed by atoms with E-state index in [-0.39, 0.29) is 6.04 Å². The van der Waals surface area contributed by atoms with Crippen LogP contribution in [-0.2, 0) is 0 Å². The predicted molar refractivity (Wildman–Crippen MR) is 89.1 cm³/mol. The highest BCUT2D eigenvalue weighted by molar-refractivity contribution is 5.50. The van der Waals surface area contributed by atoms with Crippen LogP contribution < -0.4 is 15.4 Å². The van der Waals surface area contributed by atoms with Gasteiger partial charge in [-0.3, -0.25) is 0 Å². The lowest BCUT2D eigenvalue weighted by Gasteiger charge is -2.30. The van der Waals surface area contributed by atoms with Crippen molar-refractivity contribution in [1.82, 2.24) is 0 Å². The zero-order valence-corrected chi connectivity index (χ0v) is 13.3. The number of hydrogen-bond acceptors (Lipinski definition) is 3. The highest BCUT2D eigenvalue weighted by Gasteiger charge is 2.17. The van der Waals surface area contributed by atoms with Gasteiger partial charge in [0.25, 0.3) is 0 Å². The van der Waals surface area contributed by atoms with Crippen LogP contribution in [0.4, 0.5) is 5.69 Å². The lowest BCUT2D eigenvalue weighted by atomic mass is 10.0. The first-order valence-electron chi connectivity index (χ1n) is 7.21. The Balaban J connectivity index is 2.30. The Labute approximate surface area is 127 Å². The van der Waals surface area contributed by atoms with E-state index in [1.54, 1.807) is 7.11 Å². The van der Waals surface area contributed by atoms with E-state index in [1.165, 1.54) is 16.8 Å². The Bertz CT molecular complexity index is 593. The van der Waals surface area contributed by atoms with E-state index in [1.807, 2.05) is 6.07 Å². The SMILES string of the molecule is COc1ccc(C(CN)N(C)c2ccc(C)cc2)cc1C. The van der Waals surface area contributed by atoms with Crippen molar-refractivity contribution in [3.05, 3.63) is 59.2 Å². The fourth-order valence-corrected chi connectivity index (χ4v) is 2.59. The molecule has 1 atom stereocenters. The van der Waals surface area contributed by atoms with Gasteiger partial charge in [-0.2, -0.15) is 0 Å². The molecular formula is C18H24N2O. The summed E-state index contributed by atoms with van der Waals surface area (Å²) >= 11 is 0. The van der Waals surface area contributed by atoms with Crippen LogP contribution in [0.15, 0.2) is 42.5 Å². The van der Waals surface area contributed by atoms with Gasteiger partial charge in [-0.15, -0.1) is 0 Å². The van der Waals surface area contributed by atoms with Gasteiger partial charge in [0.05, 0.1) is 13.2 Å². The number of nitrogens with zero attached hydrogens (tertiary/aromatic N) is 1. The third kappa shape index (κ3) is 3.37. The number of aryl methyl sites for hydroxylation is 2. The number of likely N-dealkylation sites (N-methyl/N-ethyl adjacent to an activating group) is 1. The Morgan fingerprint density at radius 2 is 1.76 bits per heavy atom. The van der Waals surface area contributed by atoms with E-state index in [0.717, 1.165) is 11.3 Å². The van der Waals surface area contributed by atoms with Gasteiger partial charge in [-0.1, -0.05) is 29.8 Å². The monoisotopic (exact) mass is 284 g/mol. The van der Waals surface area contributed by atoms with E-state index >= 15 is 0 Å². The van der Waals surface area contributed by atoms with Crippen molar-refractivity contribution >= 4 is 5.69 Å². The maximum Gasteiger partial charge on any atom is 0.121 e. The third-order valence-corrected chi connectivity index (χ3v) is 3.94. The van der Waals surface area contributed by atoms with Crippen LogP contribution in [0.3, 0.4) is 0 Å². The Morgan fingerprint density at radius 3 is 2.29 bits per heavy atom. The van der Waals surface area contributed by atoms with Crippen LogP contribution in [0.1, 0.15) is 22.7 Å². The molecule has 0 saturated carbocycles. The fourth-order valence-electron chi connectivity index (χ4n) is 2.59. The van der Waals surface area contributed by atoms with Crippen molar-refractivity contribution in [2.45, 2.75) is 19.9 Å². The second kappa shape index (κ2) is 6.64. The first-order valence-corrected chi connectivity index (χ1v) is 7.21. The minimum absolute atomic E-state index is 0.150. The first kappa shape index (κ1) is 15.4. The van der Waals surface area contributed by atoms with E-state index in [4.69, 9.17) is 10.5 Å². The molecule has 0 heterocycles. The van der Waals surface area contributed by atoms with Gasteiger partial charge in [-0.05, 0) is 43.2 Å². The summed E-state index contributed by atoms with van der Waals surface area (Å²) in [5.74, 6) is 0.910. The quantitative estimate of drug-likeness (QED) is 0.914. The number of anilines is 1. The molecule has 2 N–H and O–H groups in total. The topological polar surface area (TPSA) is 38.5 Å². The number of benzene rings is 2. The van der Waals surface area contributed by atoms with Gasteiger partial charge < -0.3 is 15.4 Å². The minimum atomic E-state index is 0.150. The number of hydrogen-bond donors (Lipinski definition) is 1. The zero-order chi connectivity index (χ0) is 15.4. The van der Waals surface area contributed by atoms with Crippen LogP contribution in [-0.4, -0.2) is 20.7 Å². The summed E-state index contributed by atoms with van der Waals surface area (Å²) in [6.07, 6.45) is 0. The molecule has 0 aromatic heterocycles. The summed E-state index contributed by atoms with van der Waals surface area (Å²) < 4.78 is 5.33. The van der Waals surface area contributed by atoms with Gasteiger partial charge >= 0.3 is 0 Å². The molecule has 0 spiro atoms. The molecule has 0 aliphatic heterocycles. The van der Waals surface area contributed by atoms with Crippen molar-refractivity contribution in [1.29, 1.82) is 0 Å². The van der Waals surface area contributed by atoms with Gasteiger partial charge in [0.2, 0.25) is 0 Å². The second-order valence-electron chi connectivity index (χ2n) is 5.43. The summed E-state index contributed by atoms with van der Waals surface area (Å²) in [5, 5.41) is 0. The summed E-state index contributed by atoms with van der Waals surface area (Å²) in [4.78, 5) is 2.22. The molecule has 2 aromatic rings. The summed E-state index contributed by atoms with van der Waals surface area (Å²) in [7, 11) is 3.78. The molecular weight excluding hydrogens is 260 g/mol. The first-order chi connectivity index (χ1) is 10.1. The molecule has 0 radical (unpaired) electrons. The largest absolute Gasteiger partial charge is 0.496 e. The minimum Gasteiger partial charge on any atom is -0.496 e. The molecule has 0 bridgehead atoms. The smallest absolute Gasteiger partial charge is 0.121 e. The lowest BCUT2D eigenvalue weighted by molar-refractivity contribution is 0.411. The number of rotatable bonds is 5. The Kier molecular flexibility index (Phi) is 4.86. The molecule has 2 rings (SSSR count).